The summed E-state index contributed by atoms with van der Waals surface area (Å²) in [6.07, 6.45) is 2.21. The van der Waals surface area contributed by atoms with Gasteiger partial charge in [0.2, 0.25) is 10.0 Å². The highest BCUT2D eigenvalue weighted by Gasteiger charge is 2.36. The van der Waals surface area contributed by atoms with E-state index in [0.29, 0.717) is 31.6 Å². The average molecular weight is 373 g/mol. The molecule has 1 saturated heterocycles. The lowest BCUT2D eigenvalue weighted by Crippen LogP contribution is -2.42. The molecule has 2 N–H and O–H groups in total. The van der Waals surface area contributed by atoms with Gasteiger partial charge in [0.05, 0.1) is 10.9 Å². The molecular weight excluding hydrogens is 350 g/mol. The van der Waals surface area contributed by atoms with Crippen molar-refractivity contribution in [3.8, 4) is 0 Å². The van der Waals surface area contributed by atoms with E-state index in [0.717, 1.165) is 29.8 Å². The molecule has 2 aliphatic rings. The van der Waals surface area contributed by atoms with Gasteiger partial charge in [-0.3, -0.25) is 4.98 Å². The predicted molar refractivity (Wildman–Crippen MR) is 98.8 cm³/mol. The molecule has 0 saturated carbocycles. The molecule has 2 aromatic rings. The van der Waals surface area contributed by atoms with Gasteiger partial charge in [-0.2, -0.15) is 4.31 Å². The SMILES string of the molecule is O=S(=O)(C1CCNCC1)N1Cc2cnc(C(O)c3ccccc3)cc2C1. The summed E-state index contributed by atoms with van der Waals surface area (Å²) in [5.41, 5.74) is 3.18. The van der Waals surface area contributed by atoms with Crippen LogP contribution in [0, 0.1) is 0 Å². The first-order valence-corrected chi connectivity index (χ1v) is 10.5. The fraction of sp³-hybridized carbons (Fsp3) is 0.421. The lowest BCUT2D eigenvalue weighted by molar-refractivity contribution is 0.215. The first kappa shape index (κ1) is 17.6. The number of nitrogens with one attached hydrogen (secondary N) is 1. The second-order valence-corrected chi connectivity index (χ2v) is 9.17. The normalized spacial score (nSPS) is 20.0. The molecule has 0 spiro atoms. The van der Waals surface area contributed by atoms with Crippen molar-refractivity contribution in [2.45, 2.75) is 37.3 Å². The first-order valence-electron chi connectivity index (χ1n) is 8.96. The van der Waals surface area contributed by atoms with E-state index in [1.54, 1.807) is 10.5 Å². The van der Waals surface area contributed by atoms with Crippen molar-refractivity contribution in [3.63, 3.8) is 0 Å². The topological polar surface area (TPSA) is 82.5 Å². The second kappa shape index (κ2) is 7.08. The number of aliphatic hydroxyl groups is 1. The Labute approximate surface area is 153 Å². The van der Waals surface area contributed by atoms with Crippen LogP contribution in [0.3, 0.4) is 0 Å². The van der Waals surface area contributed by atoms with E-state index in [9.17, 15) is 13.5 Å². The zero-order valence-corrected chi connectivity index (χ0v) is 15.3. The van der Waals surface area contributed by atoms with Gasteiger partial charge in [-0.25, -0.2) is 8.42 Å². The Bertz CT molecular complexity index is 880. The van der Waals surface area contributed by atoms with Gasteiger partial charge in [-0.05, 0) is 48.7 Å². The summed E-state index contributed by atoms with van der Waals surface area (Å²) in [4.78, 5) is 4.37. The molecule has 3 heterocycles. The summed E-state index contributed by atoms with van der Waals surface area (Å²) >= 11 is 0. The number of hydrogen-bond donors (Lipinski definition) is 2. The highest BCUT2D eigenvalue weighted by atomic mass is 32.2. The molecule has 1 fully saturated rings. The molecular formula is C19H23N3O3S. The Kier molecular flexibility index (Phi) is 4.79. The van der Waals surface area contributed by atoms with Crippen molar-refractivity contribution in [1.82, 2.24) is 14.6 Å². The number of rotatable bonds is 4. The number of nitrogens with zero attached hydrogens (tertiary/aromatic N) is 2. The summed E-state index contributed by atoms with van der Waals surface area (Å²) in [6, 6.07) is 11.2. The summed E-state index contributed by atoms with van der Waals surface area (Å²) in [6.45, 7) is 2.23. The van der Waals surface area contributed by atoms with Crippen LogP contribution in [-0.4, -0.2) is 41.2 Å². The first-order chi connectivity index (χ1) is 12.6. The zero-order chi connectivity index (χ0) is 18.1. The molecule has 1 aromatic carbocycles. The van der Waals surface area contributed by atoms with Crippen LogP contribution < -0.4 is 5.32 Å². The van der Waals surface area contributed by atoms with Crippen molar-refractivity contribution in [1.29, 1.82) is 0 Å². The minimum atomic E-state index is -3.31. The third kappa shape index (κ3) is 3.27. The molecule has 1 unspecified atom stereocenters. The maximum Gasteiger partial charge on any atom is 0.217 e. The van der Waals surface area contributed by atoms with E-state index in [2.05, 4.69) is 10.3 Å². The molecule has 0 aliphatic carbocycles. The highest BCUT2D eigenvalue weighted by molar-refractivity contribution is 7.89. The molecule has 7 heteroatoms. The van der Waals surface area contributed by atoms with Crippen LogP contribution in [0.4, 0.5) is 0 Å². The van der Waals surface area contributed by atoms with Crippen molar-refractivity contribution in [2.24, 2.45) is 0 Å². The van der Waals surface area contributed by atoms with Gasteiger partial charge in [0, 0.05) is 19.3 Å². The Hall–Kier alpha value is -1.80. The van der Waals surface area contributed by atoms with Crippen LogP contribution in [-0.2, 0) is 23.1 Å². The quantitative estimate of drug-likeness (QED) is 0.850. The van der Waals surface area contributed by atoms with Crippen LogP contribution in [0.25, 0.3) is 0 Å². The fourth-order valence-electron chi connectivity index (χ4n) is 3.71. The molecule has 1 aromatic heterocycles. The van der Waals surface area contributed by atoms with Gasteiger partial charge >= 0.3 is 0 Å². The van der Waals surface area contributed by atoms with E-state index in [-0.39, 0.29) is 5.25 Å². The predicted octanol–water partition coefficient (Wildman–Crippen LogP) is 1.56. The minimum Gasteiger partial charge on any atom is -0.382 e. The van der Waals surface area contributed by atoms with Crippen molar-refractivity contribution in [3.05, 3.63) is 65.0 Å². The number of sulfonamides is 1. The number of aromatic nitrogens is 1. The van der Waals surface area contributed by atoms with Crippen LogP contribution >= 0.6 is 0 Å². The Morgan fingerprint density at radius 1 is 1.12 bits per heavy atom. The van der Waals surface area contributed by atoms with Crippen LogP contribution in [0.1, 0.15) is 41.3 Å². The Balaban J connectivity index is 1.54. The fourth-order valence-corrected chi connectivity index (χ4v) is 5.60. The monoisotopic (exact) mass is 373 g/mol. The summed E-state index contributed by atoms with van der Waals surface area (Å²) in [5, 5.41) is 13.5. The molecule has 0 amide bonds. The molecule has 138 valence electrons. The van der Waals surface area contributed by atoms with Gasteiger partial charge in [0.15, 0.2) is 0 Å². The summed E-state index contributed by atoms with van der Waals surface area (Å²) < 4.78 is 27.4. The van der Waals surface area contributed by atoms with Crippen molar-refractivity contribution >= 4 is 10.0 Å². The van der Waals surface area contributed by atoms with Crippen LogP contribution in [0.5, 0.6) is 0 Å². The molecule has 26 heavy (non-hydrogen) atoms. The van der Waals surface area contributed by atoms with E-state index in [4.69, 9.17) is 0 Å². The number of hydrogen-bond acceptors (Lipinski definition) is 5. The summed E-state index contributed by atoms with van der Waals surface area (Å²) in [7, 11) is -3.31. The molecule has 4 rings (SSSR count). The van der Waals surface area contributed by atoms with E-state index >= 15 is 0 Å². The number of fused-ring (bicyclic) bond motifs is 1. The third-order valence-corrected chi connectivity index (χ3v) is 7.55. The van der Waals surface area contributed by atoms with Crippen LogP contribution in [0.15, 0.2) is 42.6 Å². The smallest absolute Gasteiger partial charge is 0.217 e. The Morgan fingerprint density at radius 3 is 2.54 bits per heavy atom. The van der Waals surface area contributed by atoms with E-state index in [1.165, 1.54) is 0 Å². The molecule has 0 radical (unpaired) electrons. The minimum absolute atomic E-state index is 0.305. The zero-order valence-electron chi connectivity index (χ0n) is 14.5. The number of pyridine rings is 1. The van der Waals surface area contributed by atoms with Gasteiger partial charge in [0.1, 0.15) is 6.10 Å². The number of piperidine rings is 1. The van der Waals surface area contributed by atoms with E-state index < -0.39 is 16.1 Å². The number of benzene rings is 1. The molecule has 2 aliphatic heterocycles. The molecule has 6 nitrogen and oxygen atoms in total. The maximum atomic E-state index is 12.9. The molecule has 0 bridgehead atoms. The van der Waals surface area contributed by atoms with Gasteiger partial charge in [-0.15, -0.1) is 0 Å². The highest BCUT2D eigenvalue weighted by Crippen LogP contribution is 2.31. The Morgan fingerprint density at radius 2 is 1.81 bits per heavy atom. The van der Waals surface area contributed by atoms with E-state index in [1.807, 2.05) is 36.4 Å². The summed E-state index contributed by atoms with van der Waals surface area (Å²) in [5.74, 6) is 0. The lowest BCUT2D eigenvalue weighted by atomic mass is 10.0. The van der Waals surface area contributed by atoms with Gasteiger partial charge < -0.3 is 10.4 Å². The lowest BCUT2D eigenvalue weighted by Gasteiger charge is -2.27. The molecule has 1 atom stereocenters. The van der Waals surface area contributed by atoms with Crippen LogP contribution in [0.2, 0.25) is 0 Å². The maximum absolute atomic E-state index is 12.9. The average Bonchev–Trinajstić information content (AvgIpc) is 3.13. The van der Waals surface area contributed by atoms with Crippen molar-refractivity contribution < 1.29 is 13.5 Å². The second-order valence-electron chi connectivity index (χ2n) is 6.95. The van der Waals surface area contributed by atoms with Gasteiger partial charge in [-0.1, -0.05) is 30.3 Å². The third-order valence-electron chi connectivity index (χ3n) is 5.26. The largest absolute Gasteiger partial charge is 0.382 e. The standard InChI is InChI=1S/C19H23N3O3S/c23-19(14-4-2-1-3-5-14)18-10-15-12-22(13-16(15)11-21-18)26(24,25)17-6-8-20-9-7-17/h1-5,10-11,17,19-20,23H,6-9,12-13H2. The number of aliphatic hydroxyl groups excluding tert-OH is 1. The van der Waals surface area contributed by atoms with Gasteiger partial charge in [0.25, 0.3) is 0 Å². The van der Waals surface area contributed by atoms with Crippen molar-refractivity contribution in [2.75, 3.05) is 13.1 Å².